The van der Waals surface area contributed by atoms with Crippen LogP contribution in [0.2, 0.25) is 0 Å². The van der Waals surface area contributed by atoms with Crippen LogP contribution in [0, 0.1) is 0 Å². The number of nitrogens with zero attached hydrogens (tertiary/aromatic N) is 3. The number of ether oxygens (including phenoxy) is 1. The molecule has 0 atom stereocenters. The Hall–Kier alpha value is -1.43. The predicted molar refractivity (Wildman–Crippen MR) is 57.2 cm³/mol. The molecule has 6 nitrogen and oxygen atoms in total. The standard InChI is InChI=1S/C10H17N3O3/c1-4-16-10(15)8-9(7(2)3)13(5-6-14)12-11-8/h7,14H,4-6H2,1-3H3. The number of hydrogen-bond acceptors (Lipinski definition) is 5. The molecule has 0 amide bonds. The molecule has 1 N–H and O–H groups in total. The van der Waals surface area contributed by atoms with E-state index >= 15 is 0 Å². The van der Waals surface area contributed by atoms with E-state index in [1.54, 1.807) is 6.92 Å². The number of aliphatic hydroxyl groups is 1. The van der Waals surface area contributed by atoms with Gasteiger partial charge < -0.3 is 9.84 Å². The van der Waals surface area contributed by atoms with Crippen LogP contribution in [-0.4, -0.2) is 39.3 Å². The minimum absolute atomic E-state index is 0.0364. The summed E-state index contributed by atoms with van der Waals surface area (Å²) in [5.41, 5.74) is 0.942. The van der Waals surface area contributed by atoms with Gasteiger partial charge in [-0.3, -0.25) is 0 Å². The molecule has 0 aromatic carbocycles. The highest BCUT2D eigenvalue weighted by Crippen LogP contribution is 2.18. The normalized spacial score (nSPS) is 10.8. The van der Waals surface area contributed by atoms with Crippen molar-refractivity contribution in [2.24, 2.45) is 0 Å². The summed E-state index contributed by atoms with van der Waals surface area (Å²) in [6.07, 6.45) is 0. The van der Waals surface area contributed by atoms with Crippen molar-refractivity contribution in [3.05, 3.63) is 11.4 Å². The Morgan fingerprint density at radius 1 is 1.56 bits per heavy atom. The van der Waals surface area contributed by atoms with Crippen molar-refractivity contribution in [1.29, 1.82) is 0 Å². The molecule has 0 saturated heterocycles. The highest BCUT2D eigenvalue weighted by atomic mass is 16.5. The first-order chi connectivity index (χ1) is 7.61. The zero-order chi connectivity index (χ0) is 12.1. The van der Waals surface area contributed by atoms with Gasteiger partial charge in [-0.15, -0.1) is 5.10 Å². The third-order valence-electron chi connectivity index (χ3n) is 2.10. The van der Waals surface area contributed by atoms with Gasteiger partial charge in [0, 0.05) is 0 Å². The molecule has 0 aliphatic carbocycles. The quantitative estimate of drug-likeness (QED) is 0.744. The molecule has 1 aromatic rings. The second-order valence-corrected chi connectivity index (χ2v) is 3.65. The van der Waals surface area contributed by atoms with Gasteiger partial charge in [0.25, 0.3) is 0 Å². The first-order valence-electron chi connectivity index (χ1n) is 5.33. The van der Waals surface area contributed by atoms with Gasteiger partial charge >= 0.3 is 5.97 Å². The SMILES string of the molecule is CCOC(=O)c1nnn(CCO)c1C(C)C. The summed E-state index contributed by atoms with van der Waals surface area (Å²) in [5, 5.41) is 16.5. The van der Waals surface area contributed by atoms with Crippen molar-refractivity contribution in [3.8, 4) is 0 Å². The summed E-state index contributed by atoms with van der Waals surface area (Å²) < 4.78 is 6.43. The number of carbonyl (C=O) groups excluding carboxylic acids is 1. The van der Waals surface area contributed by atoms with Gasteiger partial charge in [0.2, 0.25) is 0 Å². The van der Waals surface area contributed by atoms with E-state index in [0.717, 1.165) is 0 Å². The third-order valence-corrected chi connectivity index (χ3v) is 2.10. The van der Waals surface area contributed by atoms with Gasteiger partial charge in [-0.05, 0) is 12.8 Å². The summed E-state index contributed by atoms with van der Waals surface area (Å²) in [6, 6.07) is 0. The van der Waals surface area contributed by atoms with E-state index in [4.69, 9.17) is 9.84 Å². The maximum atomic E-state index is 11.6. The lowest BCUT2D eigenvalue weighted by atomic mass is 10.1. The molecule has 0 aliphatic rings. The molecule has 1 heterocycles. The number of carbonyl (C=O) groups is 1. The third kappa shape index (κ3) is 2.57. The van der Waals surface area contributed by atoms with Crippen LogP contribution in [0.25, 0.3) is 0 Å². The number of aliphatic hydroxyl groups excluding tert-OH is 1. The first kappa shape index (κ1) is 12.6. The van der Waals surface area contributed by atoms with Gasteiger partial charge in [-0.1, -0.05) is 19.1 Å². The number of aromatic nitrogens is 3. The Morgan fingerprint density at radius 2 is 2.25 bits per heavy atom. The maximum absolute atomic E-state index is 11.6. The first-order valence-corrected chi connectivity index (χ1v) is 5.33. The fraction of sp³-hybridized carbons (Fsp3) is 0.700. The summed E-state index contributed by atoms with van der Waals surface area (Å²) in [5.74, 6) is -0.364. The average Bonchev–Trinajstić information content (AvgIpc) is 2.62. The topological polar surface area (TPSA) is 77.2 Å². The predicted octanol–water partition coefficient (Wildman–Crippen LogP) is 0.570. The van der Waals surface area contributed by atoms with Crippen LogP contribution >= 0.6 is 0 Å². The van der Waals surface area contributed by atoms with E-state index < -0.39 is 5.97 Å². The molecule has 16 heavy (non-hydrogen) atoms. The van der Waals surface area contributed by atoms with E-state index in [2.05, 4.69) is 10.3 Å². The Balaban J connectivity index is 3.04. The maximum Gasteiger partial charge on any atom is 0.360 e. The van der Waals surface area contributed by atoms with Crippen molar-refractivity contribution in [2.75, 3.05) is 13.2 Å². The van der Waals surface area contributed by atoms with Crippen molar-refractivity contribution >= 4 is 5.97 Å². The lowest BCUT2D eigenvalue weighted by Crippen LogP contribution is -2.13. The molecule has 0 spiro atoms. The molecule has 0 saturated carbocycles. The molecule has 0 radical (unpaired) electrons. The number of rotatable bonds is 5. The van der Waals surface area contributed by atoms with Crippen LogP contribution < -0.4 is 0 Å². The second-order valence-electron chi connectivity index (χ2n) is 3.65. The lowest BCUT2D eigenvalue weighted by molar-refractivity contribution is 0.0517. The molecule has 0 unspecified atom stereocenters. The number of hydrogen-bond donors (Lipinski definition) is 1. The van der Waals surface area contributed by atoms with E-state index in [1.807, 2.05) is 13.8 Å². The molecule has 0 aliphatic heterocycles. The van der Waals surface area contributed by atoms with Crippen molar-refractivity contribution in [1.82, 2.24) is 15.0 Å². The molecular formula is C10H17N3O3. The molecule has 1 rings (SSSR count). The van der Waals surface area contributed by atoms with Crippen LogP contribution in [0.5, 0.6) is 0 Å². The average molecular weight is 227 g/mol. The van der Waals surface area contributed by atoms with E-state index in [1.165, 1.54) is 4.68 Å². The van der Waals surface area contributed by atoms with Crippen LogP contribution in [0.15, 0.2) is 0 Å². The molecule has 0 fully saturated rings. The van der Waals surface area contributed by atoms with Crippen LogP contribution in [0.3, 0.4) is 0 Å². The van der Waals surface area contributed by atoms with Gasteiger partial charge in [-0.2, -0.15) is 0 Å². The minimum atomic E-state index is -0.463. The van der Waals surface area contributed by atoms with Crippen LogP contribution in [0.1, 0.15) is 42.9 Å². The molecular weight excluding hydrogens is 210 g/mol. The smallest absolute Gasteiger partial charge is 0.360 e. The Bertz CT molecular complexity index is 360. The van der Waals surface area contributed by atoms with Crippen LogP contribution in [0.4, 0.5) is 0 Å². The van der Waals surface area contributed by atoms with Gasteiger partial charge in [0.05, 0.1) is 25.5 Å². The second kappa shape index (κ2) is 5.60. The van der Waals surface area contributed by atoms with Crippen molar-refractivity contribution < 1.29 is 14.6 Å². The summed E-state index contributed by atoms with van der Waals surface area (Å²) in [4.78, 5) is 11.6. The van der Waals surface area contributed by atoms with E-state index in [0.29, 0.717) is 18.8 Å². The summed E-state index contributed by atoms with van der Waals surface area (Å²) in [7, 11) is 0. The molecule has 1 aromatic heterocycles. The fourth-order valence-electron chi connectivity index (χ4n) is 1.50. The molecule has 90 valence electrons. The van der Waals surface area contributed by atoms with Gasteiger partial charge in [-0.25, -0.2) is 9.48 Å². The molecule has 0 bridgehead atoms. The summed E-state index contributed by atoms with van der Waals surface area (Å²) in [6.45, 7) is 6.23. The van der Waals surface area contributed by atoms with E-state index in [-0.39, 0.29) is 18.2 Å². The largest absolute Gasteiger partial charge is 0.461 e. The Labute approximate surface area is 94.2 Å². The zero-order valence-corrected chi connectivity index (χ0v) is 9.80. The number of esters is 1. The minimum Gasteiger partial charge on any atom is -0.461 e. The van der Waals surface area contributed by atoms with Gasteiger partial charge in [0.15, 0.2) is 5.69 Å². The highest BCUT2D eigenvalue weighted by molar-refractivity contribution is 5.88. The lowest BCUT2D eigenvalue weighted by Gasteiger charge is -2.09. The van der Waals surface area contributed by atoms with Crippen molar-refractivity contribution in [2.45, 2.75) is 33.2 Å². The van der Waals surface area contributed by atoms with Crippen molar-refractivity contribution in [3.63, 3.8) is 0 Å². The van der Waals surface area contributed by atoms with E-state index in [9.17, 15) is 4.79 Å². The monoisotopic (exact) mass is 227 g/mol. The molecule has 6 heteroatoms. The van der Waals surface area contributed by atoms with Crippen LogP contribution in [-0.2, 0) is 11.3 Å². The highest BCUT2D eigenvalue weighted by Gasteiger charge is 2.22. The Kier molecular flexibility index (Phi) is 4.42. The van der Waals surface area contributed by atoms with Gasteiger partial charge in [0.1, 0.15) is 0 Å². The fourth-order valence-corrected chi connectivity index (χ4v) is 1.50. The zero-order valence-electron chi connectivity index (χ0n) is 9.80. The summed E-state index contributed by atoms with van der Waals surface area (Å²) >= 11 is 0. The Morgan fingerprint density at radius 3 is 2.75 bits per heavy atom.